The second-order valence-electron chi connectivity index (χ2n) is 7.18. The summed E-state index contributed by atoms with van der Waals surface area (Å²) in [7, 11) is -1.74. The number of benzene rings is 1. The van der Waals surface area contributed by atoms with E-state index in [0.29, 0.717) is 0 Å². The first-order valence-corrected chi connectivity index (χ1v) is 10.5. The highest BCUT2D eigenvalue weighted by Gasteiger charge is 2.41. The zero-order valence-electron chi connectivity index (χ0n) is 13.4. The Balaban J connectivity index is 2.20. The second kappa shape index (κ2) is 5.82. The van der Waals surface area contributed by atoms with Crippen molar-refractivity contribution in [3.05, 3.63) is 35.9 Å². The molecule has 0 bridgehead atoms. The van der Waals surface area contributed by atoms with Crippen molar-refractivity contribution in [3.8, 4) is 0 Å². The number of nitrogens with zero attached hydrogens (tertiary/aromatic N) is 1. The summed E-state index contributed by atoms with van der Waals surface area (Å²) in [6.07, 6.45) is 4.39. The van der Waals surface area contributed by atoms with Gasteiger partial charge in [-0.3, -0.25) is 4.99 Å². The first-order valence-electron chi connectivity index (χ1n) is 7.56. The number of hydrogen-bond acceptors (Lipinski definition) is 2. The third-order valence-electron chi connectivity index (χ3n) is 4.59. The average Bonchev–Trinajstić information content (AvgIpc) is 2.38. The summed E-state index contributed by atoms with van der Waals surface area (Å²) in [6.45, 7) is 11.5. The Morgan fingerprint density at radius 3 is 2.40 bits per heavy atom. The summed E-state index contributed by atoms with van der Waals surface area (Å²) < 4.78 is 6.64. The van der Waals surface area contributed by atoms with Gasteiger partial charge in [0.05, 0.1) is 12.1 Å². The normalized spacial score (nSPS) is 23.9. The molecule has 0 N–H and O–H groups in total. The van der Waals surface area contributed by atoms with Gasteiger partial charge in [0.2, 0.25) is 0 Å². The summed E-state index contributed by atoms with van der Waals surface area (Å²) in [6, 6.07) is 10.7. The molecule has 3 heteroatoms. The van der Waals surface area contributed by atoms with E-state index in [9.17, 15) is 0 Å². The van der Waals surface area contributed by atoms with Crippen molar-refractivity contribution in [2.75, 3.05) is 0 Å². The highest BCUT2D eigenvalue weighted by molar-refractivity contribution is 6.74. The predicted octanol–water partition coefficient (Wildman–Crippen LogP) is 4.98. The van der Waals surface area contributed by atoms with Gasteiger partial charge in [0.15, 0.2) is 8.32 Å². The molecular weight excluding hydrogens is 262 g/mol. The Hall–Kier alpha value is -0.933. The molecule has 0 amide bonds. The van der Waals surface area contributed by atoms with E-state index >= 15 is 0 Å². The number of aliphatic imine (C=N–C) groups is 1. The minimum atomic E-state index is -1.74. The van der Waals surface area contributed by atoms with Crippen LogP contribution >= 0.6 is 0 Å². The van der Waals surface area contributed by atoms with Gasteiger partial charge in [0, 0.05) is 0 Å². The van der Waals surface area contributed by atoms with E-state index in [2.05, 4.69) is 70.4 Å². The fourth-order valence-electron chi connectivity index (χ4n) is 2.31. The fraction of sp³-hybridized carbons (Fsp3) is 0.588. The molecule has 1 heterocycles. The van der Waals surface area contributed by atoms with Crippen LogP contribution in [0.1, 0.15) is 45.2 Å². The average molecular weight is 289 g/mol. The molecular formula is C17H27NOSi. The zero-order valence-corrected chi connectivity index (χ0v) is 14.4. The molecule has 0 saturated heterocycles. The van der Waals surface area contributed by atoms with Crippen molar-refractivity contribution >= 4 is 14.5 Å². The van der Waals surface area contributed by atoms with E-state index in [1.807, 2.05) is 0 Å². The standard InChI is InChI=1S/C17H27NOSi/c1-17(2,3)20(4,5)19-15-12-9-13-18-16(15)14-10-7-6-8-11-14/h6-8,10-11,13,15-16H,9,12H2,1-5H3/t15-,16-/m0/s1. The quantitative estimate of drug-likeness (QED) is 0.719. The molecule has 110 valence electrons. The van der Waals surface area contributed by atoms with Crippen LogP contribution in [0, 0.1) is 0 Å². The molecule has 2 nitrogen and oxygen atoms in total. The van der Waals surface area contributed by atoms with E-state index in [1.54, 1.807) is 0 Å². The van der Waals surface area contributed by atoms with Crippen LogP contribution < -0.4 is 0 Å². The maximum absolute atomic E-state index is 6.64. The van der Waals surface area contributed by atoms with Gasteiger partial charge in [0.25, 0.3) is 0 Å². The van der Waals surface area contributed by atoms with Gasteiger partial charge in [-0.15, -0.1) is 0 Å². The summed E-state index contributed by atoms with van der Waals surface area (Å²) in [5.41, 5.74) is 1.27. The lowest BCUT2D eigenvalue weighted by Crippen LogP contribution is -2.45. The third-order valence-corrected chi connectivity index (χ3v) is 9.10. The molecule has 20 heavy (non-hydrogen) atoms. The molecule has 0 aliphatic carbocycles. The van der Waals surface area contributed by atoms with Gasteiger partial charge in [-0.25, -0.2) is 0 Å². The van der Waals surface area contributed by atoms with Gasteiger partial charge in [-0.05, 0) is 42.8 Å². The highest BCUT2D eigenvalue weighted by Crippen LogP contribution is 2.40. The van der Waals surface area contributed by atoms with Gasteiger partial charge >= 0.3 is 0 Å². The SMILES string of the molecule is CC(C)(C)[Si](C)(C)O[C@H]1CCC=N[C@H]1c1ccccc1. The van der Waals surface area contributed by atoms with Crippen molar-refractivity contribution in [1.82, 2.24) is 0 Å². The Morgan fingerprint density at radius 2 is 1.80 bits per heavy atom. The van der Waals surface area contributed by atoms with Crippen molar-refractivity contribution in [1.29, 1.82) is 0 Å². The lowest BCUT2D eigenvalue weighted by Gasteiger charge is -2.41. The Labute approximate surface area is 124 Å². The Bertz CT molecular complexity index is 462. The van der Waals surface area contributed by atoms with Crippen molar-refractivity contribution in [3.63, 3.8) is 0 Å². The van der Waals surface area contributed by atoms with Crippen molar-refractivity contribution in [2.45, 2.75) is 63.9 Å². The monoisotopic (exact) mass is 289 g/mol. The Kier molecular flexibility index (Phi) is 4.50. The molecule has 1 aromatic rings. The van der Waals surface area contributed by atoms with Crippen molar-refractivity contribution < 1.29 is 4.43 Å². The van der Waals surface area contributed by atoms with Crippen LogP contribution in [0.2, 0.25) is 18.1 Å². The van der Waals surface area contributed by atoms with E-state index in [0.717, 1.165) is 12.8 Å². The summed E-state index contributed by atoms with van der Waals surface area (Å²) in [4.78, 5) is 4.72. The molecule has 0 aromatic heterocycles. The van der Waals surface area contributed by atoms with E-state index in [4.69, 9.17) is 9.42 Å². The van der Waals surface area contributed by atoms with Crippen LogP contribution in [-0.4, -0.2) is 20.6 Å². The molecule has 0 radical (unpaired) electrons. The maximum atomic E-state index is 6.64. The minimum Gasteiger partial charge on any atom is -0.411 e. The molecule has 2 rings (SSSR count). The first kappa shape index (κ1) is 15.5. The molecule has 1 aromatic carbocycles. The zero-order chi connectivity index (χ0) is 14.8. The summed E-state index contributed by atoms with van der Waals surface area (Å²) >= 11 is 0. The van der Waals surface area contributed by atoms with Crippen LogP contribution in [0.15, 0.2) is 35.3 Å². The largest absolute Gasteiger partial charge is 0.411 e. The topological polar surface area (TPSA) is 21.6 Å². The molecule has 0 saturated carbocycles. The molecule has 1 aliphatic rings. The minimum absolute atomic E-state index is 0.166. The summed E-state index contributed by atoms with van der Waals surface area (Å²) in [5.74, 6) is 0. The molecule has 1 aliphatic heterocycles. The van der Waals surface area contributed by atoms with Crippen molar-refractivity contribution in [2.24, 2.45) is 4.99 Å². The molecule has 0 fully saturated rings. The lowest BCUT2D eigenvalue weighted by molar-refractivity contribution is 0.141. The van der Waals surface area contributed by atoms with Gasteiger partial charge in [0.1, 0.15) is 0 Å². The van der Waals surface area contributed by atoms with E-state index in [1.165, 1.54) is 5.56 Å². The van der Waals surface area contributed by atoms with Crippen LogP contribution in [0.3, 0.4) is 0 Å². The van der Waals surface area contributed by atoms with Crippen LogP contribution in [0.4, 0.5) is 0 Å². The first-order chi connectivity index (χ1) is 9.31. The molecule has 0 unspecified atom stereocenters. The van der Waals surface area contributed by atoms with Gasteiger partial charge in [-0.1, -0.05) is 51.1 Å². The third kappa shape index (κ3) is 3.39. The van der Waals surface area contributed by atoms with E-state index < -0.39 is 8.32 Å². The van der Waals surface area contributed by atoms with Crippen LogP contribution in [0.25, 0.3) is 0 Å². The Morgan fingerprint density at radius 1 is 1.15 bits per heavy atom. The smallest absolute Gasteiger partial charge is 0.192 e. The van der Waals surface area contributed by atoms with Gasteiger partial charge in [-0.2, -0.15) is 0 Å². The van der Waals surface area contributed by atoms with E-state index in [-0.39, 0.29) is 17.2 Å². The summed E-state index contributed by atoms with van der Waals surface area (Å²) in [5, 5.41) is 0.245. The lowest BCUT2D eigenvalue weighted by atomic mass is 9.97. The fourth-order valence-corrected chi connectivity index (χ4v) is 3.67. The predicted molar refractivity (Wildman–Crippen MR) is 89.0 cm³/mol. The highest BCUT2D eigenvalue weighted by atomic mass is 28.4. The van der Waals surface area contributed by atoms with Crippen LogP contribution in [-0.2, 0) is 4.43 Å². The molecule has 2 atom stereocenters. The number of hydrogen-bond donors (Lipinski definition) is 0. The maximum Gasteiger partial charge on any atom is 0.192 e. The van der Waals surface area contributed by atoms with Crippen LogP contribution in [0.5, 0.6) is 0 Å². The number of rotatable bonds is 3. The molecule has 0 spiro atoms. The van der Waals surface area contributed by atoms with Gasteiger partial charge < -0.3 is 4.43 Å². The second-order valence-corrected chi connectivity index (χ2v) is 11.9.